The highest BCUT2D eigenvalue weighted by atomic mass is 19.3. The Morgan fingerprint density at radius 1 is 1.42 bits per heavy atom. The Bertz CT molecular complexity index is 555. The van der Waals surface area contributed by atoms with Gasteiger partial charge in [-0.15, -0.1) is 0 Å². The maximum Gasteiger partial charge on any atom is 0.280 e. The highest BCUT2D eigenvalue weighted by Crippen LogP contribution is 2.27. The van der Waals surface area contributed by atoms with Gasteiger partial charge in [-0.25, -0.2) is 13.5 Å². The second kappa shape index (κ2) is 5.79. The Labute approximate surface area is 110 Å². The molecule has 0 aliphatic heterocycles. The zero-order chi connectivity index (χ0) is 13.8. The van der Waals surface area contributed by atoms with Crippen LogP contribution < -0.4 is 10.1 Å². The summed E-state index contributed by atoms with van der Waals surface area (Å²) in [6, 6.07) is 6.87. The third kappa shape index (κ3) is 2.73. The first kappa shape index (κ1) is 13.5. The molecule has 0 unspecified atom stereocenters. The van der Waals surface area contributed by atoms with E-state index in [1.807, 2.05) is 0 Å². The number of halogens is 2. The van der Waals surface area contributed by atoms with Crippen LogP contribution in [0, 0.1) is 0 Å². The molecule has 19 heavy (non-hydrogen) atoms. The minimum absolute atomic E-state index is 0.0948. The predicted octanol–water partition coefficient (Wildman–Crippen LogP) is 2.54. The SMILES string of the molecule is CNCc1cnn(-c2cccc(OC)c2)c1C(F)F. The van der Waals surface area contributed by atoms with Crippen molar-refractivity contribution in [1.82, 2.24) is 15.1 Å². The lowest BCUT2D eigenvalue weighted by Gasteiger charge is -2.10. The van der Waals surface area contributed by atoms with Crippen molar-refractivity contribution in [2.45, 2.75) is 13.0 Å². The van der Waals surface area contributed by atoms with Crippen LogP contribution in [0.4, 0.5) is 8.78 Å². The van der Waals surface area contributed by atoms with Crippen LogP contribution in [0.1, 0.15) is 17.7 Å². The number of nitrogens with one attached hydrogen (secondary N) is 1. The van der Waals surface area contributed by atoms with E-state index in [1.54, 1.807) is 31.3 Å². The smallest absolute Gasteiger partial charge is 0.280 e. The average Bonchev–Trinajstić information content (AvgIpc) is 2.83. The molecule has 0 atom stereocenters. The lowest BCUT2D eigenvalue weighted by molar-refractivity contribution is 0.141. The van der Waals surface area contributed by atoms with Crippen molar-refractivity contribution in [3.63, 3.8) is 0 Å². The minimum atomic E-state index is -2.59. The van der Waals surface area contributed by atoms with Crippen molar-refractivity contribution in [2.24, 2.45) is 0 Å². The molecule has 0 saturated heterocycles. The second-order valence-electron chi connectivity index (χ2n) is 4.00. The first-order valence-electron chi connectivity index (χ1n) is 5.81. The van der Waals surface area contributed by atoms with E-state index in [1.165, 1.54) is 18.0 Å². The molecule has 0 amide bonds. The summed E-state index contributed by atoms with van der Waals surface area (Å²) >= 11 is 0. The fraction of sp³-hybridized carbons (Fsp3) is 0.308. The number of alkyl halides is 2. The van der Waals surface area contributed by atoms with Crippen molar-refractivity contribution in [1.29, 1.82) is 0 Å². The molecule has 1 heterocycles. The number of rotatable bonds is 5. The first-order valence-corrected chi connectivity index (χ1v) is 5.81. The van der Waals surface area contributed by atoms with Crippen molar-refractivity contribution < 1.29 is 13.5 Å². The van der Waals surface area contributed by atoms with Crippen LogP contribution in [-0.4, -0.2) is 23.9 Å². The zero-order valence-corrected chi connectivity index (χ0v) is 10.7. The number of benzene rings is 1. The molecule has 2 aromatic rings. The van der Waals surface area contributed by atoms with Crippen LogP contribution in [0.5, 0.6) is 5.75 Å². The number of hydrogen-bond donors (Lipinski definition) is 1. The van der Waals surface area contributed by atoms with E-state index < -0.39 is 6.43 Å². The van der Waals surface area contributed by atoms with Crippen LogP contribution in [0.2, 0.25) is 0 Å². The summed E-state index contributed by atoms with van der Waals surface area (Å²) in [7, 11) is 3.24. The van der Waals surface area contributed by atoms with Crippen LogP contribution in [0.25, 0.3) is 5.69 Å². The molecule has 1 N–H and O–H groups in total. The lowest BCUT2D eigenvalue weighted by atomic mass is 10.2. The number of ether oxygens (including phenoxy) is 1. The van der Waals surface area contributed by atoms with Gasteiger partial charge in [0.1, 0.15) is 11.4 Å². The summed E-state index contributed by atoms with van der Waals surface area (Å²) in [5.41, 5.74) is 0.944. The average molecular weight is 267 g/mol. The van der Waals surface area contributed by atoms with Gasteiger partial charge in [-0.1, -0.05) is 6.07 Å². The summed E-state index contributed by atoms with van der Waals surface area (Å²) in [6.07, 6.45) is -1.13. The van der Waals surface area contributed by atoms with E-state index >= 15 is 0 Å². The second-order valence-corrected chi connectivity index (χ2v) is 4.00. The van der Waals surface area contributed by atoms with E-state index in [0.29, 0.717) is 23.5 Å². The van der Waals surface area contributed by atoms with Gasteiger partial charge in [-0.3, -0.25) is 0 Å². The van der Waals surface area contributed by atoms with Gasteiger partial charge in [0, 0.05) is 18.2 Å². The third-order valence-electron chi connectivity index (χ3n) is 2.76. The number of methoxy groups -OCH3 is 1. The fourth-order valence-corrected chi connectivity index (χ4v) is 1.90. The van der Waals surface area contributed by atoms with E-state index in [2.05, 4.69) is 10.4 Å². The number of nitrogens with zero attached hydrogens (tertiary/aromatic N) is 2. The molecule has 0 bridgehead atoms. The molecule has 0 fully saturated rings. The van der Waals surface area contributed by atoms with Gasteiger partial charge in [0.2, 0.25) is 0 Å². The third-order valence-corrected chi connectivity index (χ3v) is 2.76. The molecular weight excluding hydrogens is 252 g/mol. The summed E-state index contributed by atoms with van der Waals surface area (Å²) in [5, 5.41) is 6.90. The predicted molar refractivity (Wildman–Crippen MR) is 67.8 cm³/mol. The minimum Gasteiger partial charge on any atom is -0.497 e. The molecule has 0 radical (unpaired) electrons. The molecule has 0 aliphatic carbocycles. The summed E-state index contributed by atoms with van der Waals surface area (Å²) in [4.78, 5) is 0. The van der Waals surface area contributed by atoms with E-state index in [0.717, 1.165) is 0 Å². The molecule has 2 rings (SSSR count). The normalized spacial score (nSPS) is 11.0. The van der Waals surface area contributed by atoms with Crippen molar-refractivity contribution in [3.8, 4) is 11.4 Å². The monoisotopic (exact) mass is 267 g/mol. The van der Waals surface area contributed by atoms with Gasteiger partial charge in [0.05, 0.1) is 19.0 Å². The topological polar surface area (TPSA) is 39.1 Å². The van der Waals surface area contributed by atoms with Crippen LogP contribution in [0.15, 0.2) is 30.5 Å². The quantitative estimate of drug-likeness (QED) is 0.904. The molecule has 1 aromatic carbocycles. The standard InChI is InChI=1S/C13H15F2N3O/c1-16-7-9-8-17-18(12(9)13(14)15)10-4-3-5-11(6-10)19-2/h3-6,8,13,16H,7H2,1-2H3. The maximum atomic E-state index is 13.2. The largest absolute Gasteiger partial charge is 0.497 e. The van der Waals surface area contributed by atoms with Crippen LogP contribution in [-0.2, 0) is 6.54 Å². The molecule has 0 spiro atoms. The fourth-order valence-electron chi connectivity index (χ4n) is 1.90. The zero-order valence-electron chi connectivity index (χ0n) is 10.7. The van der Waals surface area contributed by atoms with E-state index in [-0.39, 0.29) is 5.69 Å². The molecule has 6 heteroatoms. The maximum absolute atomic E-state index is 13.2. The highest BCUT2D eigenvalue weighted by molar-refractivity contribution is 5.41. The van der Waals surface area contributed by atoms with Gasteiger partial charge in [0.15, 0.2) is 0 Å². The summed E-state index contributed by atoms with van der Waals surface area (Å²) < 4.78 is 32.7. The van der Waals surface area contributed by atoms with Gasteiger partial charge in [-0.05, 0) is 19.2 Å². The van der Waals surface area contributed by atoms with E-state index in [4.69, 9.17) is 4.74 Å². The van der Waals surface area contributed by atoms with Gasteiger partial charge in [-0.2, -0.15) is 5.10 Å². The summed E-state index contributed by atoms with van der Waals surface area (Å²) in [5.74, 6) is 0.600. The Morgan fingerprint density at radius 3 is 2.84 bits per heavy atom. The molecule has 1 aromatic heterocycles. The molecule has 4 nitrogen and oxygen atoms in total. The Hall–Kier alpha value is -1.95. The number of hydrogen-bond acceptors (Lipinski definition) is 3. The Balaban J connectivity index is 2.48. The van der Waals surface area contributed by atoms with Crippen molar-refractivity contribution in [2.75, 3.05) is 14.2 Å². The first-order chi connectivity index (χ1) is 9.17. The van der Waals surface area contributed by atoms with Crippen molar-refractivity contribution >= 4 is 0 Å². The van der Waals surface area contributed by atoms with E-state index in [9.17, 15) is 8.78 Å². The summed E-state index contributed by atoms with van der Waals surface area (Å²) in [6.45, 7) is 0.351. The Morgan fingerprint density at radius 2 is 2.21 bits per heavy atom. The van der Waals surface area contributed by atoms with Gasteiger partial charge in [0.25, 0.3) is 6.43 Å². The lowest BCUT2D eigenvalue weighted by Crippen LogP contribution is -2.09. The van der Waals surface area contributed by atoms with Crippen molar-refractivity contribution in [3.05, 3.63) is 41.7 Å². The van der Waals surface area contributed by atoms with Crippen LogP contribution in [0.3, 0.4) is 0 Å². The van der Waals surface area contributed by atoms with Crippen LogP contribution >= 0.6 is 0 Å². The molecule has 102 valence electrons. The molecule has 0 aliphatic rings. The van der Waals surface area contributed by atoms with Gasteiger partial charge >= 0.3 is 0 Å². The highest BCUT2D eigenvalue weighted by Gasteiger charge is 2.20. The number of aromatic nitrogens is 2. The van der Waals surface area contributed by atoms with Gasteiger partial charge < -0.3 is 10.1 Å². The Kier molecular flexibility index (Phi) is 4.11. The molecular formula is C13H15F2N3O. The molecule has 0 saturated carbocycles.